The van der Waals surface area contributed by atoms with E-state index in [1.165, 1.54) is 57.8 Å². The average molecular weight is 371 g/mol. The number of carbonyl (C=O) groups is 2. The second-order valence-electron chi connectivity index (χ2n) is 7.45. The van der Waals surface area contributed by atoms with Gasteiger partial charge in [-0.1, -0.05) is 97.3 Å². The van der Waals surface area contributed by atoms with E-state index in [1.54, 1.807) is 0 Å². The summed E-state index contributed by atoms with van der Waals surface area (Å²) in [6.07, 6.45) is 17.2. The van der Waals surface area contributed by atoms with Gasteiger partial charge in [0, 0.05) is 6.42 Å². The molecule has 0 spiro atoms. The van der Waals surface area contributed by atoms with Crippen LogP contribution in [0.4, 0.5) is 0 Å². The zero-order valence-corrected chi connectivity index (χ0v) is 17.3. The van der Waals surface area contributed by atoms with Crippen molar-refractivity contribution in [2.75, 3.05) is 0 Å². The SMILES string of the molecule is CCCCCCCCCCCCC(OC(=O)CCCCCCC)C(=O)O. The third-order valence-corrected chi connectivity index (χ3v) is 4.85. The molecule has 1 unspecified atom stereocenters. The number of carboxylic acid groups (broad SMARTS) is 1. The fourth-order valence-electron chi connectivity index (χ4n) is 3.14. The summed E-state index contributed by atoms with van der Waals surface area (Å²) < 4.78 is 5.16. The van der Waals surface area contributed by atoms with Gasteiger partial charge in [0.05, 0.1) is 0 Å². The van der Waals surface area contributed by atoms with Crippen LogP contribution in [0.5, 0.6) is 0 Å². The molecule has 0 aromatic rings. The average Bonchev–Trinajstić information content (AvgIpc) is 2.62. The Morgan fingerprint density at radius 2 is 1.12 bits per heavy atom. The van der Waals surface area contributed by atoms with Crippen molar-refractivity contribution >= 4 is 11.9 Å². The third-order valence-electron chi connectivity index (χ3n) is 4.85. The summed E-state index contributed by atoms with van der Waals surface area (Å²) in [5.74, 6) is -1.37. The molecule has 0 aromatic carbocycles. The van der Waals surface area contributed by atoms with Crippen LogP contribution in [0, 0.1) is 0 Å². The number of hydrogen-bond donors (Lipinski definition) is 1. The van der Waals surface area contributed by atoms with Crippen LogP contribution in [-0.2, 0) is 14.3 Å². The van der Waals surface area contributed by atoms with E-state index in [1.807, 2.05) is 0 Å². The van der Waals surface area contributed by atoms with Crippen LogP contribution in [0.3, 0.4) is 0 Å². The van der Waals surface area contributed by atoms with Gasteiger partial charge in [-0.05, 0) is 19.3 Å². The van der Waals surface area contributed by atoms with Gasteiger partial charge < -0.3 is 9.84 Å². The molecule has 0 saturated carbocycles. The molecule has 0 aliphatic heterocycles. The monoisotopic (exact) mass is 370 g/mol. The predicted molar refractivity (Wildman–Crippen MR) is 107 cm³/mol. The first-order valence-corrected chi connectivity index (χ1v) is 11.0. The Morgan fingerprint density at radius 1 is 0.692 bits per heavy atom. The van der Waals surface area contributed by atoms with Gasteiger partial charge in [0.1, 0.15) is 0 Å². The van der Waals surface area contributed by atoms with Crippen molar-refractivity contribution < 1.29 is 19.4 Å². The Hall–Kier alpha value is -1.06. The molecule has 0 rings (SSSR count). The van der Waals surface area contributed by atoms with E-state index >= 15 is 0 Å². The molecule has 0 aromatic heterocycles. The minimum absolute atomic E-state index is 0.339. The van der Waals surface area contributed by atoms with E-state index < -0.39 is 12.1 Å². The van der Waals surface area contributed by atoms with Gasteiger partial charge in [-0.3, -0.25) is 4.79 Å². The Morgan fingerprint density at radius 3 is 1.58 bits per heavy atom. The van der Waals surface area contributed by atoms with E-state index in [9.17, 15) is 14.7 Å². The van der Waals surface area contributed by atoms with Gasteiger partial charge in [-0.25, -0.2) is 4.79 Å². The lowest BCUT2D eigenvalue weighted by molar-refractivity contribution is -0.164. The maximum Gasteiger partial charge on any atom is 0.345 e. The number of carboxylic acids is 1. The fourth-order valence-corrected chi connectivity index (χ4v) is 3.14. The summed E-state index contributed by atoms with van der Waals surface area (Å²) >= 11 is 0. The van der Waals surface area contributed by atoms with E-state index in [2.05, 4.69) is 13.8 Å². The minimum Gasteiger partial charge on any atom is -0.479 e. The van der Waals surface area contributed by atoms with Crippen molar-refractivity contribution in [1.29, 1.82) is 0 Å². The van der Waals surface area contributed by atoms with E-state index in [-0.39, 0.29) is 5.97 Å². The molecule has 0 heterocycles. The molecule has 4 heteroatoms. The Balaban J connectivity index is 3.67. The highest BCUT2D eigenvalue weighted by molar-refractivity contribution is 5.77. The number of hydrogen-bond acceptors (Lipinski definition) is 3. The Bertz CT molecular complexity index is 341. The van der Waals surface area contributed by atoms with Crippen molar-refractivity contribution in [3.05, 3.63) is 0 Å². The smallest absolute Gasteiger partial charge is 0.345 e. The van der Waals surface area contributed by atoms with E-state index in [4.69, 9.17) is 4.74 Å². The molecule has 0 amide bonds. The topological polar surface area (TPSA) is 63.6 Å². The highest BCUT2D eigenvalue weighted by Crippen LogP contribution is 2.14. The van der Waals surface area contributed by atoms with Crippen LogP contribution in [0.1, 0.15) is 123 Å². The summed E-state index contributed by atoms with van der Waals surface area (Å²) in [6, 6.07) is 0. The zero-order chi connectivity index (χ0) is 19.5. The molecule has 0 radical (unpaired) electrons. The molecule has 1 atom stereocenters. The summed E-state index contributed by atoms with van der Waals surface area (Å²) in [5.41, 5.74) is 0. The molecule has 4 nitrogen and oxygen atoms in total. The quantitative estimate of drug-likeness (QED) is 0.204. The lowest BCUT2D eigenvalue weighted by Gasteiger charge is -2.13. The first kappa shape index (κ1) is 24.9. The number of carbonyl (C=O) groups excluding carboxylic acids is 1. The first-order valence-electron chi connectivity index (χ1n) is 11.0. The molecule has 0 bridgehead atoms. The number of unbranched alkanes of at least 4 members (excludes halogenated alkanes) is 13. The van der Waals surface area contributed by atoms with E-state index in [0.29, 0.717) is 12.8 Å². The van der Waals surface area contributed by atoms with Crippen molar-refractivity contribution in [3.8, 4) is 0 Å². The molecule has 154 valence electrons. The van der Waals surface area contributed by atoms with Gasteiger partial charge in [0.2, 0.25) is 0 Å². The molecule has 1 N–H and O–H groups in total. The second kappa shape index (κ2) is 18.7. The highest BCUT2D eigenvalue weighted by atomic mass is 16.6. The Kier molecular flexibility index (Phi) is 18.0. The van der Waals surface area contributed by atoms with Crippen molar-refractivity contribution in [2.24, 2.45) is 0 Å². The fraction of sp³-hybridized carbons (Fsp3) is 0.909. The number of esters is 1. The predicted octanol–water partition coefficient (Wildman–Crippen LogP) is 6.65. The normalized spacial score (nSPS) is 12.1. The van der Waals surface area contributed by atoms with Crippen molar-refractivity contribution in [2.45, 2.75) is 129 Å². The maximum atomic E-state index is 11.8. The lowest BCUT2D eigenvalue weighted by atomic mass is 10.0. The first-order chi connectivity index (χ1) is 12.6. The van der Waals surface area contributed by atoms with Gasteiger partial charge in [0.15, 0.2) is 6.10 Å². The summed E-state index contributed by atoms with van der Waals surface area (Å²) in [5, 5.41) is 9.23. The largest absolute Gasteiger partial charge is 0.479 e. The molecular formula is C22H42O4. The summed E-state index contributed by atoms with van der Waals surface area (Å²) in [7, 11) is 0. The van der Waals surface area contributed by atoms with Crippen molar-refractivity contribution in [3.63, 3.8) is 0 Å². The molecule has 0 aliphatic carbocycles. The third kappa shape index (κ3) is 16.4. The highest BCUT2D eigenvalue weighted by Gasteiger charge is 2.21. The van der Waals surface area contributed by atoms with Crippen LogP contribution in [0.2, 0.25) is 0 Å². The van der Waals surface area contributed by atoms with E-state index in [0.717, 1.165) is 38.5 Å². The molecular weight excluding hydrogens is 328 g/mol. The Labute approximate surface area is 161 Å². The van der Waals surface area contributed by atoms with Crippen molar-refractivity contribution in [1.82, 2.24) is 0 Å². The molecule has 0 aliphatic rings. The standard InChI is InChI=1S/C22H42O4/c1-3-5-7-9-10-11-12-13-15-16-18-20(22(24)25)26-21(23)19-17-14-8-6-4-2/h20H,3-19H2,1-2H3,(H,24,25). The number of rotatable bonds is 19. The molecule has 0 saturated heterocycles. The maximum absolute atomic E-state index is 11.8. The van der Waals surface area contributed by atoms with Crippen LogP contribution >= 0.6 is 0 Å². The van der Waals surface area contributed by atoms with Gasteiger partial charge in [-0.15, -0.1) is 0 Å². The molecule has 0 fully saturated rings. The number of aliphatic carboxylic acids is 1. The summed E-state index contributed by atoms with van der Waals surface area (Å²) in [4.78, 5) is 23.1. The van der Waals surface area contributed by atoms with Gasteiger partial charge in [0.25, 0.3) is 0 Å². The zero-order valence-electron chi connectivity index (χ0n) is 17.3. The van der Waals surface area contributed by atoms with Crippen LogP contribution in [-0.4, -0.2) is 23.1 Å². The van der Waals surface area contributed by atoms with Crippen LogP contribution < -0.4 is 0 Å². The van der Waals surface area contributed by atoms with Gasteiger partial charge in [-0.2, -0.15) is 0 Å². The van der Waals surface area contributed by atoms with Crippen LogP contribution in [0.15, 0.2) is 0 Å². The number of ether oxygens (including phenoxy) is 1. The van der Waals surface area contributed by atoms with Crippen LogP contribution in [0.25, 0.3) is 0 Å². The summed E-state index contributed by atoms with van der Waals surface area (Å²) in [6.45, 7) is 4.38. The minimum atomic E-state index is -1.01. The van der Waals surface area contributed by atoms with Gasteiger partial charge >= 0.3 is 11.9 Å². The molecule has 26 heavy (non-hydrogen) atoms. The lowest BCUT2D eigenvalue weighted by Crippen LogP contribution is -2.27. The second-order valence-corrected chi connectivity index (χ2v) is 7.45.